The number of hydrogen-bond acceptors (Lipinski definition) is 2. The van der Waals surface area contributed by atoms with E-state index in [1.54, 1.807) is 13.2 Å². The summed E-state index contributed by atoms with van der Waals surface area (Å²) in [6.45, 7) is 0. The topological polar surface area (TPSA) is 35.2 Å². The summed E-state index contributed by atoms with van der Waals surface area (Å²) in [5.74, 6) is 0.692. The van der Waals surface area contributed by atoms with Gasteiger partial charge in [-0.1, -0.05) is 23.2 Å². The fourth-order valence-corrected chi connectivity index (χ4v) is 2.30. The molecule has 1 fully saturated rings. The molecule has 82 valence electrons. The third-order valence-corrected chi connectivity index (χ3v) is 3.22. The molecular formula is C11H13Cl2NO. The molecular weight excluding hydrogens is 233 g/mol. The van der Waals surface area contributed by atoms with Crippen LogP contribution in [0.25, 0.3) is 0 Å². The first kappa shape index (κ1) is 11.1. The Morgan fingerprint density at radius 3 is 2.60 bits per heavy atom. The average Bonchev–Trinajstić information content (AvgIpc) is 2.82. The molecule has 0 spiro atoms. The summed E-state index contributed by atoms with van der Waals surface area (Å²) in [5, 5.41) is 1.17. The maximum atomic E-state index is 6.06. The molecule has 1 saturated carbocycles. The van der Waals surface area contributed by atoms with Crippen LogP contribution in [0, 0.1) is 0 Å². The zero-order valence-corrected chi connectivity index (χ0v) is 10.0. The molecule has 0 unspecified atom stereocenters. The van der Waals surface area contributed by atoms with Crippen LogP contribution in [0.2, 0.25) is 10.0 Å². The van der Waals surface area contributed by atoms with Crippen molar-refractivity contribution < 1.29 is 4.74 Å². The zero-order chi connectivity index (χ0) is 11.1. The molecule has 0 radical (unpaired) electrons. The van der Waals surface area contributed by atoms with Crippen LogP contribution in [0.4, 0.5) is 0 Å². The van der Waals surface area contributed by atoms with Gasteiger partial charge in [0.25, 0.3) is 0 Å². The van der Waals surface area contributed by atoms with Gasteiger partial charge in [-0.25, -0.2) is 0 Å². The van der Waals surface area contributed by atoms with Gasteiger partial charge in [-0.05, 0) is 37.0 Å². The van der Waals surface area contributed by atoms with Crippen molar-refractivity contribution in [2.75, 3.05) is 7.11 Å². The Kier molecular flexibility index (Phi) is 2.84. The third kappa shape index (κ3) is 2.39. The van der Waals surface area contributed by atoms with E-state index in [4.69, 9.17) is 33.7 Å². The second-order valence-electron chi connectivity index (χ2n) is 4.12. The van der Waals surface area contributed by atoms with Gasteiger partial charge in [-0.3, -0.25) is 0 Å². The Hall–Kier alpha value is -0.440. The smallest absolute Gasteiger partial charge is 0.140 e. The Morgan fingerprint density at radius 1 is 1.40 bits per heavy atom. The van der Waals surface area contributed by atoms with E-state index in [0.717, 1.165) is 24.8 Å². The van der Waals surface area contributed by atoms with Crippen LogP contribution in [-0.4, -0.2) is 12.6 Å². The van der Waals surface area contributed by atoms with Gasteiger partial charge in [0.2, 0.25) is 0 Å². The van der Waals surface area contributed by atoms with Gasteiger partial charge < -0.3 is 10.5 Å². The first-order chi connectivity index (χ1) is 7.04. The Labute approximate surface area is 99.3 Å². The van der Waals surface area contributed by atoms with E-state index in [9.17, 15) is 0 Å². The number of nitrogens with two attached hydrogens (primary N) is 1. The molecule has 1 aliphatic carbocycles. The van der Waals surface area contributed by atoms with Crippen LogP contribution in [-0.2, 0) is 6.42 Å². The minimum Gasteiger partial charge on any atom is -0.495 e. The molecule has 0 saturated heterocycles. The molecule has 1 aromatic carbocycles. The number of hydrogen-bond donors (Lipinski definition) is 1. The highest BCUT2D eigenvalue weighted by Gasteiger charge is 2.39. The molecule has 0 heterocycles. The molecule has 0 amide bonds. The molecule has 2 N–H and O–H groups in total. The SMILES string of the molecule is COc1c(Cl)cc(Cl)cc1CC1(N)CC1. The highest BCUT2D eigenvalue weighted by Crippen LogP contribution is 2.40. The van der Waals surface area contributed by atoms with Crippen LogP contribution < -0.4 is 10.5 Å². The summed E-state index contributed by atoms with van der Waals surface area (Å²) in [7, 11) is 1.61. The molecule has 1 aromatic rings. The maximum absolute atomic E-state index is 6.06. The fraction of sp³-hybridized carbons (Fsp3) is 0.455. The Bertz CT molecular complexity index is 388. The molecule has 0 aliphatic heterocycles. The van der Waals surface area contributed by atoms with Crippen molar-refractivity contribution in [2.45, 2.75) is 24.8 Å². The maximum Gasteiger partial charge on any atom is 0.140 e. The summed E-state index contributed by atoms with van der Waals surface area (Å²) < 4.78 is 5.26. The van der Waals surface area contributed by atoms with Gasteiger partial charge in [0.1, 0.15) is 5.75 Å². The van der Waals surface area contributed by atoms with Crippen LogP contribution >= 0.6 is 23.2 Å². The van der Waals surface area contributed by atoms with E-state index < -0.39 is 0 Å². The molecule has 1 aliphatic rings. The zero-order valence-electron chi connectivity index (χ0n) is 8.52. The van der Waals surface area contributed by atoms with Gasteiger partial charge in [0, 0.05) is 10.6 Å². The van der Waals surface area contributed by atoms with Crippen molar-refractivity contribution in [2.24, 2.45) is 5.73 Å². The summed E-state index contributed by atoms with van der Waals surface area (Å²) in [6.07, 6.45) is 2.89. The predicted molar refractivity (Wildman–Crippen MR) is 62.9 cm³/mol. The molecule has 2 rings (SSSR count). The van der Waals surface area contributed by atoms with Crippen LogP contribution in [0.15, 0.2) is 12.1 Å². The monoisotopic (exact) mass is 245 g/mol. The molecule has 15 heavy (non-hydrogen) atoms. The summed E-state index contributed by atoms with van der Waals surface area (Å²) in [4.78, 5) is 0. The number of benzene rings is 1. The number of halogens is 2. The van der Waals surface area contributed by atoms with Gasteiger partial charge in [-0.15, -0.1) is 0 Å². The van der Waals surface area contributed by atoms with E-state index >= 15 is 0 Å². The number of methoxy groups -OCH3 is 1. The number of rotatable bonds is 3. The minimum absolute atomic E-state index is 0.0682. The van der Waals surface area contributed by atoms with E-state index in [1.807, 2.05) is 6.07 Å². The van der Waals surface area contributed by atoms with Crippen molar-refractivity contribution in [1.82, 2.24) is 0 Å². The Morgan fingerprint density at radius 2 is 2.07 bits per heavy atom. The Balaban J connectivity index is 2.35. The highest BCUT2D eigenvalue weighted by molar-refractivity contribution is 6.35. The predicted octanol–water partition coefficient (Wildman–Crippen LogP) is 3.04. The van der Waals surface area contributed by atoms with Crippen LogP contribution in [0.3, 0.4) is 0 Å². The quantitative estimate of drug-likeness (QED) is 0.889. The van der Waals surface area contributed by atoms with Crippen LogP contribution in [0.5, 0.6) is 5.75 Å². The summed E-state index contributed by atoms with van der Waals surface area (Å²) >= 11 is 12.0. The second kappa shape index (κ2) is 3.85. The van der Waals surface area contributed by atoms with Gasteiger partial charge in [0.15, 0.2) is 0 Å². The molecule has 0 atom stereocenters. The van der Waals surface area contributed by atoms with Crippen molar-refractivity contribution in [3.63, 3.8) is 0 Å². The summed E-state index contributed by atoms with van der Waals surface area (Å²) in [5.41, 5.74) is 6.99. The van der Waals surface area contributed by atoms with Gasteiger partial charge in [0.05, 0.1) is 12.1 Å². The van der Waals surface area contributed by atoms with Crippen molar-refractivity contribution in [3.8, 4) is 5.75 Å². The van der Waals surface area contributed by atoms with Crippen molar-refractivity contribution in [3.05, 3.63) is 27.7 Å². The number of ether oxygens (including phenoxy) is 1. The first-order valence-corrected chi connectivity index (χ1v) is 5.60. The fourth-order valence-electron chi connectivity index (χ4n) is 1.69. The molecule has 4 heteroatoms. The normalized spacial score (nSPS) is 17.6. The van der Waals surface area contributed by atoms with E-state index in [-0.39, 0.29) is 5.54 Å². The van der Waals surface area contributed by atoms with E-state index in [0.29, 0.717) is 15.8 Å². The second-order valence-corrected chi connectivity index (χ2v) is 4.96. The first-order valence-electron chi connectivity index (χ1n) is 4.85. The van der Waals surface area contributed by atoms with Gasteiger partial charge in [-0.2, -0.15) is 0 Å². The molecule has 0 aromatic heterocycles. The standard InChI is InChI=1S/C11H13Cl2NO/c1-15-10-7(6-11(14)2-3-11)4-8(12)5-9(10)13/h4-5H,2-3,6,14H2,1H3. The average molecular weight is 246 g/mol. The molecule has 0 bridgehead atoms. The van der Waals surface area contributed by atoms with Crippen molar-refractivity contribution >= 4 is 23.2 Å². The summed E-state index contributed by atoms with van der Waals surface area (Å²) in [6, 6.07) is 3.56. The third-order valence-electron chi connectivity index (χ3n) is 2.72. The lowest BCUT2D eigenvalue weighted by Gasteiger charge is -2.14. The molecule has 2 nitrogen and oxygen atoms in total. The van der Waals surface area contributed by atoms with Crippen molar-refractivity contribution in [1.29, 1.82) is 0 Å². The van der Waals surface area contributed by atoms with Gasteiger partial charge >= 0.3 is 0 Å². The van der Waals surface area contributed by atoms with E-state index in [2.05, 4.69) is 0 Å². The lowest BCUT2D eigenvalue weighted by atomic mass is 10.0. The van der Waals surface area contributed by atoms with Crippen LogP contribution in [0.1, 0.15) is 18.4 Å². The van der Waals surface area contributed by atoms with E-state index in [1.165, 1.54) is 0 Å². The highest BCUT2D eigenvalue weighted by atomic mass is 35.5. The lowest BCUT2D eigenvalue weighted by Crippen LogP contribution is -2.24. The largest absolute Gasteiger partial charge is 0.495 e. The lowest BCUT2D eigenvalue weighted by molar-refractivity contribution is 0.407. The minimum atomic E-state index is -0.0682.